The Bertz CT molecular complexity index is 997. The number of anilines is 1. The van der Waals surface area contributed by atoms with E-state index in [2.05, 4.69) is 15.3 Å². The number of carbonyl (C=O) groups is 1. The second-order valence-electron chi connectivity index (χ2n) is 5.63. The molecule has 1 aromatic heterocycles. The molecule has 3 aromatic rings. The van der Waals surface area contributed by atoms with Crippen LogP contribution in [-0.4, -0.2) is 29.5 Å². The Morgan fingerprint density at radius 2 is 1.92 bits per heavy atom. The third kappa shape index (κ3) is 4.24. The number of hydrogen-bond donors (Lipinski definition) is 3. The summed E-state index contributed by atoms with van der Waals surface area (Å²) in [6, 6.07) is 13.4. The van der Waals surface area contributed by atoms with Gasteiger partial charge in [-0.3, -0.25) is 4.79 Å². The van der Waals surface area contributed by atoms with E-state index in [1.807, 2.05) is 31.2 Å². The molecule has 0 spiro atoms. The Hall–Kier alpha value is -2.36. The average Bonchev–Trinajstić information content (AvgIpc) is 3.01. The van der Waals surface area contributed by atoms with Gasteiger partial charge < -0.3 is 10.3 Å². The number of primary sulfonamides is 1. The summed E-state index contributed by atoms with van der Waals surface area (Å²) >= 11 is 1.35. The van der Waals surface area contributed by atoms with Crippen molar-refractivity contribution in [1.29, 1.82) is 0 Å². The molecule has 1 atom stereocenters. The minimum Gasteiger partial charge on any atom is -0.333 e. The van der Waals surface area contributed by atoms with Crippen LogP contribution in [0.15, 0.2) is 58.6 Å². The van der Waals surface area contributed by atoms with E-state index in [0.717, 1.165) is 11.0 Å². The van der Waals surface area contributed by atoms with Crippen molar-refractivity contribution in [1.82, 2.24) is 9.97 Å². The first-order valence-electron chi connectivity index (χ1n) is 7.92. The number of nitrogens with one attached hydrogen (secondary N) is 2. The van der Waals surface area contributed by atoms with E-state index in [0.29, 0.717) is 17.3 Å². The van der Waals surface area contributed by atoms with Crippen LogP contribution in [0, 0.1) is 0 Å². The van der Waals surface area contributed by atoms with Crippen LogP contribution in [0.4, 0.5) is 5.69 Å². The van der Waals surface area contributed by atoms with Crippen LogP contribution in [0.2, 0.25) is 0 Å². The number of sulfonamides is 1. The molecule has 26 heavy (non-hydrogen) atoms. The van der Waals surface area contributed by atoms with Gasteiger partial charge in [0.1, 0.15) is 0 Å². The third-order valence-electron chi connectivity index (χ3n) is 3.74. The van der Waals surface area contributed by atoms with Crippen LogP contribution in [0.5, 0.6) is 0 Å². The molecule has 0 aliphatic heterocycles. The van der Waals surface area contributed by atoms with Crippen molar-refractivity contribution in [2.45, 2.75) is 28.6 Å². The summed E-state index contributed by atoms with van der Waals surface area (Å²) in [5, 5.41) is 8.19. The lowest BCUT2D eigenvalue weighted by molar-refractivity contribution is -0.115. The van der Waals surface area contributed by atoms with Crippen molar-refractivity contribution in [2.24, 2.45) is 5.14 Å². The number of hydrogen-bond acceptors (Lipinski definition) is 5. The molecule has 0 saturated carbocycles. The lowest BCUT2D eigenvalue weighted by Gasteiger charge is -2.13. The van der Waals surface area contributed by atoms with Gasteiger partial charge in [0, 0.05) is 5.69 Å². The van der Waals surface area contributed by atoms with Gasteiger partial charge in [-0.05, 0) is 42.8 Å². The highest BCUT2D eigenvalue weighted by atomic mass is 32.2. The molecular formula is C17H18N4O3S2. The quantitative estimate of drug-likeness (QED) is 0.559. The lowest BCUT2D eigenvalue weighted by atomic mass is 10.3. The first-order chi connectivity index (χ1) is 12.4. The average molecular weight is 390 g/mol. The first kappa shape index (κ1) is 18.4. The predicted molar refractivity (Wildman–Crippen MR) is 102 cm³/mol. The number of nitrogens with zero attached hydrogens (tertiary/aromatic N) is 1. The van der Waals surface area contributed by atoms with Crippen molar-refractivity contribution in [3.05, 3.63) is 48.5 Å². The number of nitrogens with two attached hydrogens (primary N) is 1. The number of aromatic amines is 1. The fourth-order valence-electron chi connectivity index (χ4n) is 2.39. The second-order valence-corrected chi connectivity index (χ2v) is 8.39. The highest BCUT2D eigenvalue weighted by molar-refractivity contribution is 8.00. The molecule has 7 nitrogen and oxygen atoms in total. The van der Waals surface area contributed by atoms with Crippen molar-refractivity contribution >= 4 is 44.4 Å². The molecule has 4 N–H and O–H groups in total. The fourth-order valence-corrected chi connectivity index (χ4v) is 3.83. The van der Waals surface area contributed by atoms with E-state index >= 15 is 0 Å². The SMILES string of the molecule is CC[C@H](Sc1nc2ccccc2[nH]1)C(=O)Nc1ccc(S(N)(=O)=O)cc1. The van der Waals surface area contributed by atoms with Gasteiger partial charge in [0.2, 0.25) is 15.9 Å². The summed E-state index contributed by atoms with van der Waals surface area (Å²) in [5.74, 6) is -0.179. The van der Waals surface area contributed by atoms with Crippen LogP contribution in [0.1, 0.15) is 13.3 Å². The molecule has 0 aliphatic rings. The van der Waals surface area contributed by atoms with Gasteiger partial charge in [0.25, 0.3) is 0 Å². The van der Waals surface area contributed by atoms with Crippen molar-refractivity contribution in [2.75, 3.05) is 5.32 Å². The number of fused-ring (bicyclic) bond motifs is 1. The summed E-state index contributed by atoms with van der Waals surface area (Å²) < 4.78 is 22.5. The second kappa shape index (κ2) is 7.48. The number of H-pyrrole nitrogens is 1. The zero-order valence-electron chi connectivity index (χ0n) is 14.0. The number of imidazole rings is 1. The molecule has 0 unspecified atom stereocenters. The first-order valence-corrected chi connectivity index (χ1v) is 10.3. The maximum Gasteiger partial charge on any atom is 0.238 e. The Labute approximate surface area is 155 Å². The van der Waals surface area contributed by atoms with Crippen LogP contribution in [-0.2, 0) is 14.8 Å². The molecule has 0 saturated heterocycles. The van der Waals surface area contributed by atoms with Gasteiger partial charge in [-0.1, -0.05) is 30.8 Å². The maximum atomic E-state index is 12.5. The number of carbonyl (C=O) groups excluding carboxylic acids is 1. The number of para-hydroxylation sites is 2. The molecule has 1 amide bonds. The molecule has 1 heterocycles. The van der Waals surface area contributed by atoms with E-state index in [9.17, 15) is 13.2 Å². The van der Waals surface area contributed by atoms with Crippen molar-refractivity contribution in [3.63, 3.8) is 0 Å². The summed E-state index contributed by atoms with van der Waals surface area (Å²) in [6.45, 7) is 1.92. The summed E-state index contributed by atoms with van der Waals surface area (Å²) in [6.07, 6.45) is 0.614. The van der Waals surface area contributed by atoms with Crippen molar-refractivity contribution in [3.8, 4) is 0 Å². The number of amides is 1. The van der Waals surface area contributed by atoms with Gasteiger partial charge >= 0.3 is 0 Å². The molecule has 0 bridgehead atoms. The molecule has 0 fully saturated rings. The van der Waals surface area contributed by atoms with Crippen LogP contribution in [0.25, 0.3) is 11.0 Å². The van der Waals surface area contributed by atoms with Gasteiger partial charge in [-0.15, -0.1) is 0 Å². The normalized spacial score (nSPS) is 12.8. The monoisotopic (exact) mass is 390 g/mol. The minimum absolute atomic E-state index is 0.000749. The minimum atomic E-state index is -3.75. The zero-order chi connectivity index (χ0) is 18.7. The predicted octanol–water partition coefficient (Wildman–Crippen LogP) is 2.72. The smallest absolute Gasteiger partial charge is 0.238 e. The van der Waals surface area contributed by atoms with Gasteiger partial charge in [-0.25, -0.2) is 18.5 Å². The highest BCUT2D eigenvalue weighted by Crippen LogP contribution is 2.26. The topological polar surface area (TPSA) is 118 Å². The number of aromatic nitrogens is 2. The molecule has 3 rings (SSSR count). The van der Waals surface area contributed by atoms with Gasteiger partial charge in [0.15, 0.2) is 5.16 Å². The van der Waals surface area contributed by atoms with Crippen LogP contribution >= 0.6 is 11.8 Å². The highest BCUT2D eigenvalue weighted by Gasteiger charge is 2.20. The molecule has 0 radical (unpaired) electrons. The van der Waals surface area contributed by atoms with E-state index in [1.165, 1.54) is 36.0 Å². The number of thioether (sulfide) groups is 1. The largest absolute Gasteiger partial charge is 0.333 e. The van der Waals surface area contributed by atoms with Crippen LogP contribution < -0.4 is 10.5 Å². The van der Waals surface area contributed by atoms with Gasteiger partial charge in [-0.2, -0.15) is 0 Å². The number of benzene rings is 2. The van der Waals surface area contributed by atoms with Gasteiger partial charge in [0.05, 0.1) is 21.2 Å². The van der Waals surface area contributed by atoms with E-state index < -0.39 is 10.0 Å². The van der Waals surface area contributed by atoms with E-state index in [4.69, 9.17) is 5.14 Å². The number of rotatable bonds is 6. The Morgan fingerprint density at radius 1 is 1.23 bits per heavy atom. The standard InChI is InChI=1S/C17H18N4O3S2/c1-2-15(25-17-20-13-5-3-4-6-14(13)21-17)16(22)19-11-7-9-12(10-8-11)26(18,23)24/h3-10,15H,2H2,1H3,(H,19,22)(H,20,21)(H2,18,23,24)/t15-/m0/s1. The molecule has 0 aliphatic carbocycles. The Balaban J connectivity index is 1.70. The zero-order valence-corrected chi connectivity index (χ0v) is 15.6. The molecular weight excluding hydrogens is 372 g/mol. The summed E-state index contributed by atoms with van der Waals surface area (Å²) in [4.78, 5) is 20.2. The lowest BCUT2D eigenvalue weighted by Crippen LogP contribution is -2.24. The summed E-state index contributed by atoms with van der Waals surface area (Å²) in [5.41, 5.74) is 2.28. The van der Waals surface area contributed by atoms with E-state index in [1.54, 1.807) is 0 Å². The fraction of sp³-hybridized carbons (Fsp3) is 0.176. The Morgan fingerprint density at radius 3 is 2.54 bits per heavy atom. The molecule has 2 aromatic carbocycles. The van der Waals surface area contributed by atoms with Crippen LogP contribution in [0.3, 0.4) is 0 Å². The summed E-state index contributed by atoms with van der Waals surface area (Å²) in [7, 11) is -3.75. The van der Waals surface area contributed by atoms with Crippen molar-refractivity contribution < 1.29 is 13.2 Å². The molecule has 9 heteroatoms. The molecule has 136 valence electrons. The van der Waals surface area contributed by atoms with E-state index in [-0.39, 0.29) is 16.1 Å². The maximum absolute atomic E-state index is 12.5. The Kier molecular flexibility index (Phi) is 5.30. The third-order valence-corrected chi connectivity index (χ3v) is 5.91.